The molecule has 0 radical (unpaired) electrons. The minimum atomic E-state index is -0.364. The van der Waals surface area contributed by atoms with Crippen molar-refractivity contribution in [3.8, 4) is 11.5 Å². The molecule has 0 N–H and O–H groups in total. The number of amides is 1. The molecular formula is C24H22ClN3O5. The van der Waals surface area contributed by atoms with Crippen LogP contribution in [0.1, 0.15) is 29.3 Å². The van der Waals surface area contributed by atoms with Crippen LogP contribution in [0.4, 0.5) is 0 Å². The molecule has 3 aromatic rings. The van der Waals surface area contributed by atoms with E-state index in [1.807, 2.05) is 18.2 Å². The maximum absolute atomic E-state index is 12.9. The molecule has 0 fully saturated rings. The molecular weight excluding hydrogens is 446 g/mol. The van der Waals surface area contributed by atoms with E-state index in [9.17, 15) is 4.79 Å². The summed E-state index contributed by atoms with van der Waals surface area (Å²) in [5.74, 6) is 1.48. The van der Waals surface area contributed by atoms with Gasteiger partial charge in [0.05, 0.1) is 32.4 Å². The summed E-state index contributed by atoms with van der Waals surface area (Å²) in [6, 6.07) is 15.9. The number of halogens is 1. The van der Waals surface area contributed by atoms with Crippen molar-refractivity contribution in [2.45, 2.75) is 12.5 Å². The zero-order valence-electron chi connectivity index (χ0n) is 18.1. The summed E-state index contributed by atoms with van der Waals surface area (Å²) >= 11 is 5.99. The molecule has 2 aromatic carbocycles. The Morgan fingerprint density at radius 2 is 1.97 bits per heavy atom. The van der Waals surface area contributed by atoms with Crippen molar-refractivity contribution < 1.29 is 23.5 Å². The number of oxime groups is 1. The Bertz CT molecular complexity index is 1160. The molecule has 0 bridgehead atoms. The van der Waals surface area contributed by atoms with Crippen LogP contribution in [0.3, 0.4) is 0 Å². The number of carbonyl (C=O) groups excluding carboxylic acids is 1. The molecule has 1 aliphatic heterocycles. The predicted octanol–water partition coefficient (Wildman–Crippen LogP) is 4.68. The van der Waals surface area contributed by atoms with E-state index in [-0.39, 0.29) is 18.6 Å². The Morgan fingerprint density at radius 3 is 2.67 bits per heavy atom. The lowest BCUT2D eigenvalue weighted by atomic mass is 10.0. The minimum absolute atomic E-state index is 0.279. The van der Waals surface area contributed by atoms with Crippen molar-refractivity contribution in [2.24, 2.45) is 10.3 Å². The highest BCUT2D eigenvalue weighted by atomic mass is 35.5. The van der Waals surface area contributed by atoms with Gasteiger partial charge in [-0.05, 0) is 48.0 Å². The number of nitrogens with zero attached hydrogens (tertiary/aromatic N) is 3. The highest BCUT2D eigenvalue weighted by Gasteiger charge is 2.35. The van der Waals surface area contributed by atoms with Gasteiger partial charge in [-0.1, -0.05) is 28.9 Å². The summed E-state index contributed by atoms with van der Waals surface area (Å²) in [5.41, 5.74) is 2.38. The highest BCUT2D eigenvalue weighted by Crippen LogP contribution is 2.33. The van der Waals surface area contributed by atoms with Gasteiger partial charge in [0.25, 0.3) is 5.91 Å². The number of hydrogen-bond acceptors (Lipinski definition) is 7. The number of benzene rings is 2. The summed E-state index contributed by atoms with van der Waals surface area (Å²) < 4.78 is 16.0. The Balaban J connectivity index is 1.44. The van der Waals surface area contributed by atoms with Crippen molar-refractivity contribution in [3.05, 3.63) is 82.8 Å². The first-order valence-corrected chi connectivity index (χ1v) is 10.5. The van der Waals surface area contributed by atoms with E-state index >= 15 is 0 Å². The molecule has 170 valence electrons. The largest absolute Gasteiger partial charge is 0.493 e. The van der Waals surface area contributed by atoms with E-state index in [0.29, 0.717) is 28.7 Å². The van der Waals surface area contributed by atoms with Crippen LogP contribution in [0.2, 0.25) is 5.02 Å². The van der Waals surface area contributed by atoms with Gasteiger partial charge < -0.3 is 18.7 Å². The molecule has 1 atom stereocenters. The van der Waals surface area contributed by atoms with E-state index in [4.69, 9.17) is 30.3 Å². The average Bonchev–Trinajstić information content (AvgIpc) is 3.52. The van der Waals surface area contributed by atoms with Gasteiger partial charge in [0.1, 0.15) is 11.8 Å². The molecule has 0 saturated heterocycles. The van der Waals surface area contributed by atoms with Crippen LogP contribution in [0.15, 0.2) is 75.5 Å². The SMILES string of the molecule is COc1ccc(/C=N/OCC(=O)N2N=C(c3ccc(Cl)cc3)CC2c2ccco2)cc1OC. The van der Waals surface area contributed by atoms with Gasteiger partial charge in [-0.3, -0.25) is 4.79 Å². The van der Waals surface area contributed by atoms with Gasteiger partial charge in [-0.15, -0.1) is 0 Å². The van der Waals surface area contributed by atoms with Crippen molar-refractivity contribution in [1.82, 2.24) is 5.01 Å². The Labute approximate surface area is 196 Å². The zero-order valence-corrected chi connectivity index (χ0v) is 18.9. The van der Waals surface area contributed by atoms with Crippen LogP contribution in [-0.2, 0) is 9.63 Å². The van der Waals surface area contributed by atoms with E-state index in [1.54, 1.807) is 56.9 Å². The first-order valence-electron chi connectivity index (χ1n) is 10.1. The third-order valence-corrected chi connectivity index (χ3v) is 5.34. The minimum Gasteiger partial charge on any atom is -0.493 e. The average molecular weight is 468 g/mol. The molecule has 4 rings (SSSR count). The summed E-state index contributed by atoms with van der Waals surface area (Å²) in [6.45, 7) is -0.279. The lowest BCUT2D eigenvalue weighted by Gasteiger charge is -2.19. The second-order valence-corrected chi connectivity index (χ2v) is 7.59. The fourth-order valence-electron chi connectivity index (χ4n) is 3.45. The fourth-order valence-corrected chi connectivity index (χ4v) is 3.58. The molecule has 0 saturated carbocycles. The Morgan fingerprint density at radius 1 is 1.18 bits per heavy atom. The second kappa shape index (κ2) is 10.2. The van der Waals surface area contributed by atoms with Crippen LogP contribution in [0, 0.1) is 0 Å². The molecule has 1 amide bonds. The third-order valence-electron chi connectivity index (χ3n) is 5.09. The smallest absolute Gasteiger partial charge is 0.284 e. The normalized spacial score (nSPS) is 15.5. The molecule has 0 aliphatic carbocycles. The van der Waals surface area contributed by atoms with Crippen LogP contribution in [0.5, 0.6) is 11.5 Å². The fraction of sp³-hybridized carbons (Fsp3) is 0.208. The van der Waals surface area contributed by atoms with Gasteiger partial charge in [-0.25, -0.2) is 5.01 Å². The molecule has 9 heteroatoms. The monoisotopic (exact) mass is 467 g/mol. The van der Waals surface area contributed by atoms with Crippen LogP contribution in [0.25, 0.3) is 0 Å². The maximum atomic E-state index is 12.9. The van der Waals surface area contributed by atoms with Gasteiger partial charge >= 0.3 is 0 Å². The zero-order chi connectivity index (χ0) is 23.2. The molecule has 33 heavy (non-hydrogen) atoms. The number of hydrazone groups is 1. The third kappa shape index (κ3) is 5.18. The van der Waals surface area contributed by atoms with Gasteiger partial charge in [-0.2, -0.15) is 5.10 Å². The summed E-state index contributed by atoms with van der Waals surface area (Å²) in [4.78, 5) is 18.2. The van der Waals surface area contributed by atoms with Gasteiger partial charge in [0, 0.05) is 17.0 Å². The molecule has 1 aliphatic rings. The standard InChI is InChI=1S/C24H22ClN3O5/c1-30-22-10-5-16(12-23(22)31-2)14-26-33-15-24(29)28-20(21-4-3-11-32-21)13-19(27-28)17-6-8-18(25)9-7-17/h3-12,14,20H,13,15H2,1-2H3/b26-14+. The Kier molecular flexibility index (Phi) is 6.95. The number of furan rings is 1. The van der Waals surface area contributed by atoms with Crippen molar-refractivity contribution in [2.75, 3.05) is 20.8 Å². The van der Waals surface area contributed by atoms with Crippen LogP contribution in [-0.4, -0.2) is 43.7 Å². The number of ether oxygens (including phenoxy) is 2. The molecule has 1 aromatic heterocycles. The molecule has 2 heterocycles. The van der Waals surface area contributed by atoms with E-state index in [1.165, 1.54) is 11.2 Å². The quantitative estimate of drug-likeness (QED) is 0.354. The first-order chi connectivity index (χ1) is 16.1. The molecule has 8 nitrogen and oxygen atoms in total. The first kappa shape index (κ1) is 22.4. The highest BCUT2D eigenvalue weighted by molar-refractivity contribution is 6.30. The summed E-state index contributed by atoms with van der Waals surface area (Å²) in [6.07, 6.45) is 3.57. The van der Waals surface area contributed by atoms with Gasteiger partial charge in [0.15, 0.2) is 18.1 Å². The number of rotatable bonds is 8. The van der Waals surface area contributed by atoms with E-state index < -0.39 is 0 Å². The molecule has 0 spiro atoms. The molecule has 1 unspecified atom stereocenters. The summed E-state index contributed by atoms with van der Waals surface area (Å²) in [5, 5.41) is 10.5. The lowest BCUT2D eigenvalue weighted by Crippen LogP contribution is -2.29. The van der Waals surface area contributed by atoms with Crippen molar-refractivity contribution >= 4 is 29.4 Å². The van der Waals surface area contributed by atoms with Crippen LogP contribution >= 0.6 is 11.6 Å². The van der Waals surface area contributed by atoms with E-state index in [0.717, 1.165) is 16.8 Å². The van der Waals surface area contributed by atoms with Crippen molar-refractivity contribution in [3.63, 3.8) is 0 Å². The summed E-state index contributed by atoms with van der Waals surface area (Å²) in [7, 11) is 3.12. The van der Waals surface area contributed by atoms with Gasteiger partial charge in [0.2, 0.25) is 0 Å². The number of methoxy groups -OCH3 is 2. The Hall–Kier alpha value is -3.78. The van der Waals surface area contributed by atoms with E-state index in [2.05, 4.69) is 10.3 Å². The van der Waals surface area contributed by atoms with Crippen LogP contribution < -0.4 is 9.47 Å². The maximum Gasteiger partial charge on any atom is 0.284 e. The number of hydrogen-bond donors (Lipinski definition) is 0. The predicted molar refractivity (Wildman–Crippen MR) is 124 cm³/mol. The second-order valence-electron chi connectivity index (χ2n) is 7.15. The topological polar surface area (TPSA) is 85.9 Å². The number of carbonyl (C=O) groups is 1. The lowest BCUT2D eigenvalue weighted by molar-refractivity contribution is -0.138. The van der Waals surface area contributed by atoms with Crippen molar-refractivity contribution in [1.29, 1.82) is 0 Å².